The third-order valence-corrected chi connectivity index (χ3v) is 3.07. The van der Waals surface area contributed by atoms with Crippen LogP contribution in [0.4, 0.5) is 0 Å². The Bertz CT molecular complexity index is 778. The number of fused-ring (bicyclic) bond motifs is 1. The average molecular weight is 268 g/mol. The quantitative estimate of drug-likeness (QED) is 0.683. The van der Waals surface area contributed by atoms with E-state index in [0.717, 1.165) is 16.6 Å². The van der Waals surface area contributed by atoms with Crippen LogP contribution >= 0.6 is 0 Å². The Kier molecular flexibility index (Phi) is 2.95. The topological polar surface area (TPSA) is 65.2 Å². The van der Waals surface area contributed by atoms with Gasteiger partial charge in [-0.1, -0.05) is 0 Å². The summed E-state index contributed by atoms with van der Waals surface area (Å²) in [5.41, 5.74) is 2.19. The van der Waals surface area contributed by atoms with Gasteiger partial charge in [-0.3, -0.25) is 4.79 Å². The van der Waals surface area contributed by atoms with Gasteiger partial charge in [0.1, 0.15) is 6.33 Å². The van der Waals surface area contributed by atoms with Crippen LogP contribution in [-0.2, 0) is 0 Å². The molecule has 2 aromatic heterocycles. The Balaban J connectivity index is 2.31. The maximum atomic E-state index is 11.5. The van der Waals surface area contributed by atoms with Crippen molar-refractivity contribution in [1.82, 2.24) is 9.97 Å². The average Bonchev–Trinajstić information content (AvgIpc) is 2.92. The summed E-state index contributed by atoms with van der Waals surface area (Å²) in [6.45, 7) is 1.47. The molecule has 5 heteroatoms. The minimum atomic E-state index is -0.128. The lowest BCUT2D eigenvalue weighted by atomic mass is 10.1. The van der Waals surface area contributed by atoms with E-state index in [2.05, 4.69) is 9.97 Å². The molecular weight excluding hydrogens is 256 g/mol. The Labute approximate surface area is 115 Å². The Morgan fingerprint density at radius 3 is 2.80 bits per heavy atom. The monoisotopic (exact) mass is 268 g/mol. The lowest BCUT2D eigenvalue weighted by Gasteiger charge is -2.05. The minimum absolute atomic E-state index is 0.128. The molecular formula is C15H12N2O3. The number of methoxy groups -OCH3 is 1. The fraction of sp³-hybridized carbons (Fsp3) is 0.133. The van der Waals surface area contributed by atoms with Crippen LogP contribution in [0.5, 0.6) is 5.75 Å². The summed E-state index contributed by atoms with van der Waals surface area (Å²) in [5.74, 6) is 0.766. The van der Waals surface area contributed by atoms with Crippen molar-refractivity contribution in [3.63, 3.8) is 0 Å². The smallest absolute Gasteiger partial charge is 0.194 e. The van der Waals surface area contributed by atoms with Gasteiger partial charge in [-0.15, -0.1) is 0 Å². The summed E-state index contributed by atoms with van der Waals surface area (Å²) < 4.78 is 10.9. The van der Waals surface area contributed by atoms with Gasteiger partial charge in [0.25, 0.3) is 0 Å². The summed E-state index contributed by atoms with van der Waals surface area (Å²) in [6, 6.07) is 7.22. The molecule has 0 bridgehead atoms. The number of ketones is 1. The molecule has 3 rings (SSSR count). The van der Waals surface area contributed by atoms with Crippen LogP contribution in [0.15, 0.2) is 41.2 Å². The van der Waals surface area contributed by atoms with Gasteiger partial charge in [-0.05, 0) is 24.3 Å². The normalized spacial score (nSPS) is 10.7. The van der Waals surface area contributed by atoms with Crippen molar-refractivity contribution in [2.75, 3.05) is 7.11 Å². The Morgan fingerprint density at radius 2 is 2.15 bits per heavy atom. The number of carbonyl (C=O) groups is 1. The van der Waals surface area contributed by atoms with Gasteiger partial charge in [0.15, 0.2) is 22.9 Å². The third-order valence-electron chi connectivity index (χ3n) is 3.07. The molecule has 0 unspecified atom stereocenters. The second kappa shape index (κ2) is 4.77. The second-order valence-corrected chi connectivity index (χ2v) is 4.32. The first-order valence-electron chi connectivity index (χ1n) is 6.08. The molecule has 100 valence electrons. The van der Waals surface area contributed by atoms with Gasteiger partial charge < -0.3 is 9.15 Å². The van der Waals surface area contributed by atoms with Crippen molar-refractivity contribution in [3.8, 4) is 17.0 Å². The molecule has 0 radical (unpaired) electrons. The van der Waals surface area contributed by atoms with Gasteiger partial charge in [0.05, 0.1) is 12.8 Å². The van der Waals surface area contributed by atoms with E-state index in [1.54, 1.807) is 25.4 Å². The standard InChI is InChI=1S/C15H12N2O3/c1-9(18)14-7-11-10(12-5-6-16-8-17-12)3-4-13(19-2)15(11)20-14/h3-8H,1-2H3. The minimum Gasteiger partial charge on any atom is -0.493 e. The summed E-state index contributed by atoms with van der Waals surface area (Å²) in [5, 5.41) is 0.799. The number of nitrogens with zero attached hydrogens (tertiary/aromatic N) is 2. The molecule has 0 aliphatic rings. The van der Waals surface area contributed by atoms with Gasteiger partial charge in [0.2, 0.25) is 0 Å². The number of aromatic nitrogens is 2. The highest BCUT2D eigenvalue weighted by atomic mass is 16.5. The third kappa shape index (κ3) is 1.93. The van der Waals surface area contributed by atoms with Crippen molar-refractivity contribution in [3.05, 3.63) is 42.5 Å². The molecule has 1 aromatic carbocycles. The largest absolute Gasteiger partial charge is 0.493 e. The first-order valence-corrected chi connectivity index (χ1v) is 6.08. The zero-order chi connectivity index (χ0) is 14.1. The van der Waals surface area contributed by atoms with Crippen molar-refractivity contribution in [1.29, 1.82) is 0 Å². The van der Waals surface area contributed by atoms with Crippen LogP contribution in [0.3, 0.4) is 0 Å². The molecule has 0 N–H and O–H groups in total. The van der Waals surface area contributed by atoms with E-state index in [9.17, 15) is 4.79 Å². The van der Waals surface area contributed by atoms with Gasteiger partial charge in [-0.2, -0.15) is 0 Å². The number of Topliss-reactive ketones (excluding diaryl/α,β-unsaturated/α-hetero) is 1. The molecule has 2 heterocycles. The number of hydrogen-bond donors (Lipinski definition) is 0. The molecule has 0 spiro atoms. The number of carbonyl (C=O) groups excluding carboxylic acids is 1. The summed E-state index contributed by atoms with van der Waals surface area (Å²) in [4.78, 5) is 19.6. The molecule has 3 aromatic rings. The van der Waals surface area contributed by atoms with Crippen molar-refractivity contribution in [2.24, 2.45) is 0 Å². The summed E-state index contributed by atoms with van der Waals surface area (Å²) in [6.07, 6.45) is 3.15. The number of ether oxygens (including phenoxy) is 1. The predicted octanol–water partition coefficient (Wildman–Crippen LogP) is 3.10. The summed E-state index contributed by atoms with van der Waals surface area (Å²) >= 11 is 0. The number of rotatable bonds is 3. The Hall–Kier alpha value is -2.69. The Morgan fingerprint density at radius 1 is 1.30 bits per heavy atom. The first kappa shape index (κ1) is 12.3. The highest BCUT2D eigenvalue weighted by molar-refractivity contribution is 6.02. The zero-order valence-electron chi connectivity index (χ0n) is 11.1. The van der Waals surface area contributed by atoms with Crippen LogP contribution in [0.2, 0.25) is 0 Å². The van der Waals surface area contributed by atoms with Crippen LogP contribution in [0, 0.1) is 0 Å². The van der Waals surface area contributed by atoms with E-state index in [0.29, 0.717) is 17.1 Å². The molecule has 0 fully saturated rings. The molecule has 0 aliphatic carbocycles. The van der Waals surface area contributed by atoms with Crippen LogP contribution < -0.4 is 4.74 Å². The van der Waals surface area contributed by atoms with E-state index in [1.807, 2.05) is 12.1 Å². The zero-order valence-corrected chi connectivity index (χ0v) is 11.1. The second-order valence-electron chi connectivity index (χ2n) is 4.32. The highest BCUT2D eigenvalue weighted by Gasteiger charge is 2.16. The van der Waals surface area contributed by atoms with Crippen LogP contribution in [-0.4, -0.2) is 22.9 Å². The molecule has 0 saturated heterocycles. The van der Waals surface area contributed by atoms with Crippen molar-refractivity contribution in [2.45, 2.75) is 6.92 Å². The number of furan rings is 1. The van der Waals surface area contributed by atoms with Gasteiger partial charge >= 0.3 is 0 Å². The highest BCUT2D eigenvalue weighted by Crippen LogP contribution is 2.35. The van der Waals surface area contributed by atoms with Gasteiger partial charge in [-0.25, -0.2) is 9.97 Å². The van der Waals surface area contributed by atoms with Gasteiger partial charge in [0, 0.05) is 24.1 Å². The molecule has 0 aliphatic heterocycles. The van der Waals surface area contributed by atoms with Crippen molar-refractivity contribution < 1.29 is 13.9 Å². The maximum absolute atomic E-state index is 11.5. The fourth-order valence-electron chi connectivity index (χ4n) is 2.11. The van der Waals surface area contributed by atoms with E-state index in [1.165, 1.54) is 13.3 Å². The van der Waals surface area contributed by atoms with E-state index in [-0.39, 0.29) is 5.78 Å². The van der Waals surface area contributed by atoms with Crippen LogP contribution in [0.1, 0.15) is 17.5 Å². The number of hydrogen-bond acceptors (Lipinski definition) is 5. The van der Waals surface area contributed by atoms with E-state index >= 15 is 0 Å². The van der Waals surface area contributed by atoms with E-state index in [4.69, 9.17) is 9.15 Å². The SMILES string of the molecule is COc1ccc(-c2ccncn2)c2cc(C(C)=O)oc12. The van der Waals surface area contributed by atoms with Crippen LogP contribution in [0.25, 0.3) is 22.2 Å². The fourth-order valence-corrected chi connectivity index (χ4v) is 2.11. The van der Waals surface area contributed by atoms with Crippen molar-refractivity contribution >= 4 is 16.8 Å². The molecule has 5 nitrogen and oxygen atoms in total. The molecule has 0 atom stereocenters. The lowest BCUT2D eigenvalue weighted by molar-refractivity contribution is 0.0989. The molecule has 20 heavy (non-hydrogen) atoms. The van der Waals surface area contributed by atoms with E-state index < -0.39 is 0 Å². The predicted molar refractivity (Wildman–Crippen MR) is 73.8 cm³/mol. The first-order chi connectivity index (χ1) is 9.70. The molecule has 0 amide bonds. The number of benzene rings is 1. The maximum Gasteiger partial charge on any atom is 0.194 e. The molecule has 0 saturated carbocycles. The summed E-state index contributed by atoms with van der Waals surface area (Å²) in [7, 11) is 1.56. The lowest BCUT2D eigenvalue weighted by Crippen LogP contribution is -1.87.